The van der Waals surface area contributed by atoms with Gasteiger partial charge in [-0.3, -0.25) is 0 Å². The Kier molecular flexibility index (Phi) is 1.71. The highest BCUT2D eigenvalue weighted by molar-refractivity contribution is 7.81. The normalized spacial score (nSPS) is 34.1. The van der Waals surface area contributed by atoms with Crippen molar-refractivity contribution in [3.63, 3.8) is 0 Å². The second-order valence-electron chi connectivity index (χ2n) is 1.65. The Morgan fingerprint density at radius 1 is 1.56 bits per heavy atom. The van der Waals surface area contributed by atoms with Gasteiger partial charge in [-0.15, -0.1) is 0 Å². The molecule has 0 aromatic carbocycles. The van der Waals surface area contributed by atoms with Gasteiger partial charge in [0.2, 0.25) is 0 Å². The molecule has 1 heterocycles. The molecule has 0 aromatic heterocycles. The molecule has 1 aliphatic rings. The molecule has 9 heavy (non-hydrogen) atoms. The standard InChI is InChI=1S/C3H7NO4S/c4-3-1-2-7-9(5,6)8-3/h3H,1-2,4H2. The smallest absolute Gasteiger partial charge is 0.305 e. The van der Waals surface area contributed by atoms with Gasteiger partial charge in [0, 0.05) is 6.42 Å². The van der Waals surface area contributed by atoms with E-state index in [1.165, 1.54) is 0 Å². The maximum Gasteiger partial charge on any atom is 0.401 e. The summed E-state index contributed by atoms with van der Waals surface area (Å²) in [4.78, 5) is 0. The summed E-state index contributed by atoms with van der Waals surface area (Å²) in [7, 11) is -3.76. The molecule has 54 valence electrons. The molecule has 0 amide bonds. The van der Waals surface area contributed by atoms with E-state index >= 15 is 0 Å². The summed E-state index contributed by atoms with van der Waals surface area (Å²) in [5.41, 5.74) is 5.13. The molecule has 1 aliphatic heterocycles. The Labute approximate surface area is 53.1 Å². The number of hydrogen-bond donors (Lipinski definition) is 1. The zero-order valence-corrected chi connectivity index (χ0v) is 5.43. The van der Waals surface area contributed by atoms with Crippen molar-refractivity contribution in [3.8, 4) is 0 Å². The lowest BCUT2D eigenvalue weighted by atomic mass is 10.4. The molecule has 0 saturated carbocycles. The van der Waals surface area contributed by atoms with Crippen molar-refractivity contribution < 1.29 is 16.8 Å². The summed E-state index contributed by atoms with van der Waals surface area (Å²) in [6.45, 7) is 0.115. The van der Waals surface area contributed by atoms with E-state index in [-0.39, 0.29) is 6.61 Å². The summed E-state index contributed by atoms with van der Waals surface area (Å²) in [5.74, 6) is 0. The van der Waals surface area contributed by atoms with Crippen molar-refractivity contribution in [2.75, 3.05) is 6.61 Å². The first kappa shape index (κ1) is 6.94. The van der Waals surface area contributed by atoms with E-state index < -0.39 is 16.6 Å². The van der Waals surface area contributed by atoms with Gasteiger partial charge in [0.25, 0.3) is 0 Å². The summed E-state index contributed by atoms with van der Waals surface area (Å²) in [6.07, 6.45) is -0.317. The predicted octanol–water partition coefficient (Wildman–Crippen LogP) is -1.05. The van der Waals surface area contributed by atoms with Gasteiger partial charge < -0.3 is 5.73 Å². The molecule has 0 aromatic rings. The van der Waals surface area contributed by atoms with E-state index in [1.54, 1.807) is 0 Å². The lowest BCUT2D eigenvalue weighted by molar-refractivity contribution is 0.0956. The van der Waals surface area contributed by atoms with E-state index in [1.807, 2.05) is 0 Å². The van der Waals surface area contributed by atoms with Gasteiger partial charge in [0.1, 0.15) is 6.23 Å². The summed E-state index contributed by atoms with van der Waals surface area (Å²) >= 11 is 0. The predicted molar refractivity (Wildman–Crippen MR) is 28.5 cm³/mol. The van der Waals surface area contributed by atoms with Crippen LogP contribution in [0.2, 0.25) is 0 Å². The van der Waals surface area contributed by atoms with Crippen LogP contribution >= 0.6 is 0 Å². The molecule has 2 N–H and O–H groups in total. The average molecular weight is 153 g/mol. The van der Waals surface area contributed by atoms with Gasteiger partial charge in [-0.1, -0.05) is 0 Å². The quantitative estimate of drug-likeness (QED) is 0.480. The van der Waals surface area contributed by atoms with Crippen LogP contribution in [-0.2, 0) is 18.8 Å². The molecule has 0 bridgehead atoms. The van der Waals surface area contributed by atoms with Crippen molar-refractivity contribution in [2.24, 2.45) is 5.73 Å². The van der Waals surface area contributed by atoms with Gasteiger partial charge in [0.15, 0.2) is 0 Å². The topological polar surface area (TPSA) is 78.6 Å². The first-order valence-corrected chi connectivity index (χ1v) is 3.77. The summed E-state index contributed by atoms with van der Waals surface area (Å²) in [5, 5.41) is 0. The molecule has 0 aliphatic carbocycles. The Hall–Kier alpha value is -0.170. The van der Waals surface area contributed by atoms with Crippen LogP contribution in [0.15, 0.2) is 0 Å². The Morgan fingerprint density at radius 2 is 2.22 bits per heavy atom. The average Bonchev–Trinajstić information content (AvgIpc) is 1.60. The summed E-state index contributed by atoms with van der Waals surface area (Å²) in [6, 6.07) is 0. The SMILES string of the molecule is NC1CCOS(=O)(=O)O1. The first-order chi connectivity index (χ1) is 4.10. The maximum atomic E-state index is 10.3. The molecule has 1 rings (SSSR count). The lowest BCUT2D eigenvalue weighted by Gasteiger charge is -2.16. The lowest BCUT2D eigenvalue weighted by Crippen LogP contribution is -2.34. The van der Waals surface area contributed by atoms with Crippen molar-refractivity contribution in [1.29, 1.82) is 0 Å². The largest absolute Gasteiger partial charge is 0.401 e. The van der Waals surface area contributed by atoms with Crippen LogP contribution in [0.25, 0.3) is 0 Å². The highest BCUT2D eigenvalue weighted by Gasteiger charge is 2.22. The van der Waals surface area contributed by atoms with Crippen LogP contribution in [-0.4, -0.2) is 21.3 Å². The third-order valence-electron chi connectivity index (χ3n) is 0.871. The molecule has 0 spiro atoms. The van der Waals surface area contributed by atoms with E-state index in [2.05, 4.69) is 8.37 Å². The van der Waals surface area contributed by atoms with Gasteiger partial charge in [-0.05, 0) is 0 Å². The van der Waals surface area contributed by atoms with Crippen LogP contribution in [0.3, 0.4) is 0 Å². The van der Waals surface area contributed by atoms with Crippen molar-refractivity contribution >= 4 is 10.4 Å². The van der Waals surface area contributed by atoms with Crippen LogP contribution in [0.4, 0.5) is 0 Å². The third kappa shape index (κ3) is 1.90. The molecule has 1 atom stereocenters. The van der Waals surface area contributed by atoms with Gasteiger partial charge in [-0.25, -0.2) is 8.37 Å². The highest BCUT2D eigenvalue weighted by atomic mass is 32.3. The zero-order valence-electron chi connectivity index (χ0n) is 4.61. The monoisotopic (exact) mass is 153 g/mol. The first-order valence-electron chi connectivity index (χ1n) is 2.43. The molecule has 0 radical (unpaired) electrons. The van der Waals surface area contributed by atoms with Crippen molar-refractivity contribution in [1.82, 2.24) is 0 Å². The Morgan fingerprint density at radius 3 is 2.56 bits per heavy atom. The van der Waals surface area contributed by atoms with Crippen molar-refractivity contribution in [3.05, 3.63) is 0 Å². The molecular formula is C3H7NO4S. The highest BCUT2D eigenvalue weighted by Crippen LogP contribution is 2.08. The number of hydrogen-bond acceptors (Lipinski definition) is 5. The van der Waals surface area contributed by atoms with E-state index in [4.69, 9.17) is 5.73 Å². The molecule has 5 nitrogen and oxygen atoms in total. The minimum Gasteiger partial charge on any atom is -0.305 e. The van der Waals surface area contributed by atoms with E-state index in [9.17, 15) is 8.42 Å². The summed E-state index contributed by atoms with van der Waals surface area (Å²) < 4.78 is 29.1. The van der Waals surface area contributed by atoms with Crippen molar-refractivity contribution in [2.45, 2.75) is 12.6 Å². The fraction of sp³-hybridized carbons (Fsp3) is 1.00. The maximum absolute atomic E-state index is 10.3. The minimum absolute atomic E-state index is 0.115. The van der Waals surface area contributed by atoms with Gasteiger partial charge in [0.05, 0.1) is 6.61 Å². The fourth-order valence-electron chi connectivity index (χ4n) is 0.494. The van der Waals surface area contributed by atoms with Crippen LogP contribution in [0, 0.1) is 0 Å². The second kappa shape index (κ2) is 2.22. The third-order valence-corrected chi connectivity index (χ3v) is 1.81. The number of rotatable bonds is 0. The molecule has 1 saturated heterocycles. The van der Waals surface area contributed by atoms with E-state index in [0.29, 0.717) is 6.42 Å². The fourth-order valence-corrected chi connectivity index (χ4v) is 1.25. The van der Waals surface area contributed by atoms with Crippen LogP contribution < -0.4 is 5.73 Å². The van der Waals surface area contributed by atoms with E-state index in [0.717, 1.165) is 0 Å². The molecule has 1 unspecified atom stereocenters. The molecule has 6 heteroatoms. The number of nitrogens with two attached hydrogens (primary N) is 1. The van der Waals surface area contributed by atoms with Crippen LogP contribution in [0.1, 0.15) is 6.42 Å². The Bertz CT molecular complexity index is 186. The molecule has 1 fully saturated rings. The van der Waals surface area contributed by atoms with Gasteiger partial charge in [-0.2, -0.15) is 8.42 Å². The zero-order chi connectivity index (χ0) is 6.91. The minimum atomic E-state index is -3.76. The Balaban J connectivity index is 2.62. The van der Waals surface area contributed by atoms with Gasteiger partial charge >= 0.3 is 10.4 Å². The second-order valence-corrected chi connectivity index (χ2v) is 2.90. The van der Waals surface area contributed by atoms with Crippen LogP contribution in [0.5, 0.6) is 0 Å². The molecular weight excluding hydrogens is 146 g/mol.